The summed E-state index contributed by atoms with van der Waals surface area (Å²) >= 11 is 0. The molecule has 1 saturated carbocycles. The molecule has 0 saturated heterocycles. The largest absolute Gasteiger partial charge is 0.314 e. The van der Waals surface area contributed by atoms with Crippen molar-refractivity contribution in [1.82, 2.24) is 5.32 Å². The monoisotopic (exact) mass is 195 g/mol. The molecule has 0 aromatic carbocycles. The molecule has 1 heteroatoms. The number of rotatable bonds is 7. The second kappa shape index (κ2) is 6.23. The van der Waals surface area contributed by atoms with Gasteiger partial charge in [-0.2, -0.15) is 0 Å². The van der Waals surface area contributed by atoms with Crippen molar-refractivity contribution in [2.75, 3.05) is 6.54 Å². The molecule has 1 aliphatic rings. The van der Waals surface area contributed by atoms with Gasteiger partial charge in [-0.1, -0.05) is 38.3 Å². The first-order valence-corrected chi connectivity index (χ1v) is 6.07. The average Bonchev–Trinajstić information content (AvgIpc) is 2.92. The Balaban J connectivity index is 1.97. The molecule has 1 N–H and O–H groups in total. The van der Waals surface area contributed by atoms with Gasteiger partial charge in [-0.3, -0.25) is 0 Å². The minimum absolute atomic E-state index is 0.621. The normalized spacial score (nSPS) is 17.9. The van der Waals surface area contributed by atoms with Crippen LogP contribution in [0.3, 0.4) is 0 Å². The predicted molar refractivity (Wildman–Crippen MR) is 63.5 cm³/mol. The van der Waals surface area contributed by atoms with Gasteiger partial charge >= 0.3 is 0 Å². The van der Waals surface area contributed by atoms with Gasteiger partial charge in [-0.15, -0.1) is 0 Å². The van der Waals surface area contributed by atoms with Crippen LogP contribution in [0, 0.1) is 5.92 Å². The topological polar surface area (TPSA) is 12.0 Å². The maximum Gasteiger partial charge on any atom is 0.00105 e. The molecule has 1 aliphatic carbocycles. The zero-order valence-corrected chi connectivity index (χ0v) is 9.97. The minimum Gasteiger partial charge on any atom is -0.314 e. The van der Waals surface area contributed by atoms with E-state index in [2.05, 4.69) is 32.2 Å². The second-order valence-electron chi connectivity index (χ2n) is 4.93. The Morgan fingerprint density at radius 3 is 2.71 bits per heavy atom. The summed E-state index contributed by atoms with van der Waals surface area (Å²) in [6.45, 7) is 7.80. The Kier molecular flexibility index (Phi) is 5.24. The highest BCUT2D eigenvalue weighted by Crippen LogP contribution is 2.34. The highest BCUT2D eigenvalue weighted by atomic mass is 14.9. The van der Waals surface area contributed by atoms with Crippen molar-refractivity contribution in [2.24, 2.45) is 5.92 Å². The van der Waals surface area contributed by atoms with Crippen molar-refractivity contribution in [3.8, 4) is 0 Å². The molecule has 82 valence electrons. The molecular weight excluding hydrogens is 170 g/mol. The molecule has 1 nitrogen and oxygen atoms in total. The fraction of sp³-hybridized carbons (Fsp3) is 0.846. The van der Waals surface area contributed by atoms with Gasteiger partial charge in [0.15, 0.2) is 0 Å². The van der Waals surface area contributed by atoms with Crippen LogP contribution in [0.4, 0.5) is 0 Å². The predicted octanol–water partition coefficient (Wildman–Crippen LogP) is 3.51. The van der Waals surface area contributed by atoms with E-state index in [0.717, 1.165) is 12.5 Å². The summed E-state index contributed by atoms with van der Waals surface area (Å²) in [6, 6.07) is 0.621. The van der Waals surface area contributed by atoms with E-state index >= 15 is 0 Å². The maximum atomic E-state index is 3.43. The summed E-state index contributed by atoms with van der Waals surface area (Å²) in [7, 11) is 0. The minimum atomic E-state index is 0.621. The first-order chi connectivity index (χ1) is 6.68. The summed E-state index contributed by atoms with van der Waals surface area (Å²) in [5.41, 5.74) is 1.59. The van der Waals surface area contributed by atoms with Gasteiger partial charge in [0, 0.05) is 6.04 Å². The molecule has 0 radical (unpaired) electrons. The van der Waals surface area contributed by atoms with Crippen LogP contribution in [0.5, 0.6) is 0 Å². The van der Waals surface area contributed by atoms with Crippen LogP contribution in [-0.4, -0.2) is 12.6 Å². The summed E-state index contributed by atoms with van der Waals surface area (Å²) in [6.07, 6.45) is 9.32. The van der Waals surface area contributed by atoms with E-state index in [1.807, 2.05) is 0 Å². The zero-order valence-electron chi connectivity index (χ0n) is 9.97. The molecule has 0 amide bonds. The SMILES string of the molecule is CC(=CCCNC(C)C)CCC1CC1. The number of hydrogen-bond acceptors (Lipinski definition) is 1. The molecule has 0 aromatic rings. The quantitative estimate of drug-likeness (QED) is 0.484. The van der Waals surface area contributed by atoms with E-state index in [4.69, 9.17) is 0 Å². The van der Waals surface area contributed by atoms with Crippen LogP contribution in [0.1, 0.15) is 52.9 Å². The molecule has 14 heavy (non-hydrogen) atoms. The fourth-order valence-electron chi connectivity index (χ4n) is 1.63. The second-order valence-corrected chi connectivity index (χ2v) is 4.93. The van der Waals surface area contributed by atoms with E-state index in [0.29, 0.717) is 6.04 Å². The molecule has 0 unspecified atom stereocenters. The molecule has 0 bridgehead atoms. The summed E-state index contributed by atoms with van der Waals surface area (Å²) in [5, 5.41) is 3.43. The van der Waals surface area contributed by atoms with Gasteiger partial charge in [0.25, 0.3) is 0 Å². The van der Waals surface area contributed by atoms with Crippen molar-refractivity contribution >= 4 is 0 Å². The first-order valence-electron chi connectivity index (χ1n) is 6.07. The molecule has 0 heterocycles. The highest BCUT2D eigenvalue weighted by molar-refractivity contribution is 4.99. The lowest BCUT2D eigenvalue weighted by Gasteiger charge is -2.06. The van der Waals surface area contributed by atoms with Crippen molar-refractivity contribution in [3.05, 3.63) is 11.6 Å². The lowest BCUT2D eigenvalue weighted by Crippen LogP contribution is -2.23. The number of nitrogens with one attached hydrogen (secondary N) is 1. The van der Waals surface area contributed by atoms with Gasteiger partial charge in [0.05, 0.1) is 0 Å². The van der Waals surface area contributed by atoms with E-state index in [9.17, 15) is 0 Å². The van der Waals surface area contributed by atoms with Gasteiger partial charge in [-0.05, 0) is 38.6 Å². The Hall–Kier alpha value is -0.300. The third-order valence-electron chi connectivity index (χ3n) is 2.83. The van der Waals surface area contributed by atoms with Crippen molar-refractivity contribution in [2.45, 2.75) is 58.9 Å². The van der Waals surface area contributed by atoms with Crippen LogP contribution >= 0.6 is 0 Å². The maximum absolute atomic E-state index is 3.43. The smallest absolute Gasteiger partial charge is 0.00105 e. The molecule has 0 atom stereocenters. The van der Waals surface area contributed by atoms with Gasteiger partial charge in [0.1, 0.15) is 0 Å². The van der Waals surface area contributed by atoms with Crippen LogP contribution < -0.4 is 5.32 Å². The van der Waals surface area contributed by atoms with Crippen LogP contribution in [0.25, 0.3) is 0 Å². The zero-order chi connectivity index (χ0) is 10.4. The van der Waals surface area contributed by atoms with E-state index in [1.54, 1.807) is 5.57 Å². The molecule has 0 spiro atoms. The Morgan fingerprint density at radius 2 is 2.14 bits per heavy atom. The summed E-state index contributed by atoms with van der Waals surface area (Å²) in [5.74, 6) is 1.08. The third-order valence-corrected chi connectivity index (χ3v) is 2.83. The third kappa shape index (κ3) is 6.20. The van der Waals surface area contributed by atoms with E-state index < -0.39 is 0 Å². The van der Waals surface area contributed by atoms with Gasteiger partial charge in [-0.25, -0.2) is 0 Å². The average molecular weight is 195 g/mol. The Bertz CT molecular complexity index is 178. The highest BCUT2D eigenvalue weighted by Gasteiger charge is 2.20. The summed E-state index contributed by atoms with van der Waals surface area (Å²) in [4.78, 5) is 0. The molecular formula is C13H25N. The Labute approximate surface area is 89.0 Å². The standard InChI is InChI=1S/C13H25N/c1-11(2)14-10-4-5-12(3)6-7-13-8-9-13/h5,11,13-14H,4,6-10H2,1-3H3. The van der Waals surface area contributed by atoms with Crippen LogP contribution in [0.15, 0.2) is 11.6 Å². The molecule has 1 fully saturated rings. The lowest BCUT2D eigenvalue weighted by molar-refractivity contribution is 0.593. The van der Waals surface area contributed by atoms with Crippen molar-refractivity contribution in [3.63, 3.8) is 0 Å². The number of hydrogen-bond donors (Lipinski definition) is 1. The van der Waals surface area contributed by atoms with E-state index in [1.165, 1.54) is 32.1 Å². The molecule has 0 aliphatic heterocycles. The van der Waals surface area contributed by atoms with Gasteiger partial charge < -0.3 is 5.32 Å². The van der Waals surface area contributed by atoms with Crippen molar-refractivity contribution < 1.29 is 0 Å². The van der Waals surface area contributed by atoms with Crippen LogP contribution in [-0.2, 0) is 0 Å². The van der Waals surface area contributed by atoms with Gasteiger partial charge in [0.2, 0.25) is 0 Å². The number of allylic oxidation sites excluding steroid dienone is 1. The molecule has 0 aromatic heterocycles. The Morgan fingerprint density at radius 1 is 1.43 bits per heavy atom. The fourth-order valence-corrected chi connectivity index (χ4v) is 1.63. The summed E-state index contributed by atoms with van der Waals surface area (Å²) < 4.78 is 0. The van der Waals surface area contributed by atoms with Crippen LogP contribution in [0.2, 0.25) is 0 Å². The molecule has 1 rings (SSSR count). The lowest BCUT2D eigenvalue weighted by atomic mass is 10.1. The van der Waals surface area contributed by atoms with Crippen molar-refractivity contribution in [1.29, 1.82) is 0 Å². The first kappa shape index (κ1) is 11.8. The van der Waals surface area contributed by atoms with E-state index in [-0.39, 0.29) is 0 Å².